The fourth-order valence-electron chi connectivity index (χ4n) is 3.17. The first-order valence-electron chi connectivity index (χ1n) is 8.27. The third-order valence-electron chi connectivity index (χ3n) is 4.87. The van der Waals surface area contributed by atoms with Crippen LogP contribution in [0.3, 0.4) is 0 Å². The van der Waals surface area contributed by atoms with Crippen molar-refractivity contribution in [1.29, 1.82) is 0 Å². The van der Waals surface area contributed by atoms with Gasteiger partial charge in [0.2, 0.25) is 0 Å². The fraction of sp³-hybridized carbons (Fsp3) is 0.182. The molecule has 0 atom stereocenters. The lowest BCUT2D eigenvalue weighted by molar-refractivity contribution is 1.19. The van der Waals surface area contributed by atoms with Crippen molar-refractivity contribution in [2.75, 3.05) is 11.9 Å². The van der Waals surface area contributed by atoms with E-state index in [1.54, 1.807) is 0 Å². The topological polar surface area (TPSA) is 3.24 Å². The number of nitrogens with zero attached hydrogens (tertiary/aromatic N) is 1. The first-order valence-corrected chi connectivity index (χ1v) is 9.08. The van der Waals surface area contributed by atoms with E-state index in [1.807, 2.05) is 11.3 Å². The molecule has 0 aliphatic rings. The Balaban J connectivity index is 1.85. The number of rotatable bonds is 2. The van der Waals surface area contributed by atoms with Crippen molar-refractivity contribution < 1.29 is 0 Å². The molecule has 0 bridgehead atoms. The van der Waals surface area contributed by atoms with Crippen LogP contribution in [-0.4, -0.2) is 7.05 Å². The van der Waals surface area contributed by atoms with Crippen LogP contribution < -0.4 is 4.90 Å². The Morgan fingerprint density at radius 2 is 1.29 bits per heavy atom. The molecule has 0 aliphatic carbocycles. The van der Waals surface area contributed by atoms with Gasteiger partial charge in [0.15, 0.2) is 0 Å². The highest BCUT2D eigenvalue weighted by Gasteiger charge is 2.10. The summed E-state index contributed by atoms with van der Waals surface area (Å²) in [6, 6.07) is 20.2. The highest BCUT2D eigenvalue weighted by Crippen LogP contribution is 2.37. The van der Waals surface area contributed by atoms with Crippen LogP contribution in [0.1, 0.15) is 16.7 Å². The summed E-state index contributed by atoms with van der Waals surface area (Å²) in [6.07, 6.45) is 0. The highest BCUT2D eigenvalue weighted by atomic mass is 32.1. The molecule has 0 saturated heterocycles. The average Bonchev–Trinajstić information content (AvgIpc) is 2.94. The molecular weight excluding hydrogens is 310 g/mol. The molecule has 0 spiro atoms. The predicted octanol–water partition coefficient (Wildman–Crippen LogP) is 6.75. The fourth-order valence-corrected chi connectivity index (χ4v) is 4.24. The third kappa shape index (κ3) is 2.47. The summed E-state index contributed by atoms with van der Waals surface area (Å²) in [5, 5.41) is 2.72. The minimum absolute atomic E-state index is 1.23. The van der Waals surface area contributed by atoms with Crippen LogP contribution >= 0.6 is 11.3 Å². The summed E-state index contributed by atoms with van der Waals surface area (Å²) in [5.41, 5.74) is 6.44. The SMILES string of the molecule is Cc1ccc2sc3ccc(N(C)c4ccc(C)c(C)c4)cc3c2c1. The van der Waals surface area contributed by atoms with Gasteiger partial charge in [-0.25, -0.2) is 0 Å². The van der Waals surface area contributed by atoms with Gasteiger partial charge < -0.3 is 4.90 Å². The lowest BCUT2D eigenvalue weighted by atomic mass is 10.1. The van der Waals surface area contributed by atoms with E-state index in [0.717, 1.165) is 0 Å². The number of benzene rings is 3. The molecule has 0 radical (unpaired) electrons. The van der Waals surface area contributed by atoms with Crippen molar-refractivity contribution in [1.82, 2.24) is 0 Å². The van der Waals surface area contributed by atoms with Gasteiger partial charge in [0.1, 0.15) is 0 Å². The van der Waals surface area contributed by atoms with Crippen LogP contribution in [0, 0.1) is 20.8 Å². The van der Waals surface area contributed by atoms with Gasteiger partial charge in [0.05, 0.1) is 0 Å². The molecule has 1 nitrogen and oxygen atoms in total. The molecule has 2 heteroatoms. The van der Waals surface area contributed by atoms with Crippen LogP contribution in [-0.2, 0) is 0 Å². The number of anilines is 2. The second kappa shape index (κ2) is 5.64. The van der Waals surface area contributed by atoms with E-state index in [1.165, 1.54) is 48.2 Å². The van der Waals surface area contributed by atoms with Gasteiger partial charge in [0.25, 0.3) is 0 Å². The van der Waals surface area contributed by atoms with Gasteiger partial charge in [-0.3, -0.25) is 0 Å². The van der Waals surface area contributed by atoms with Gasteiger partial charge in [-0.2, -0.15) is 0 Å². The van der Waals surface area contributed by atoms with E-state index in [0.29, 0.717) is 0 Å². The Hall–Kier alpha value is -2.32. The minimum atomic E-state index is 1.23. The quantitative estimate of drug-likeness (QED) is 0.393. The largest absolute Gasteiger partial charge is 0.345 e. The summed E-state index contributed by atoms with van der Waals surface area (Å²) in [4.78, 5) is 2.27. The third-order valence-corrected chi connectivity index (χ3v) is 6.03. The predicted molar refractivity (Wildman–Crippen MR) is 108 cm³/mol. The molecule has 0 fully saturated rings. The molecule has 1 aromatic heterocycles. The molecule has 120 valence electrons. The number of fused-ring (bicyclic) bond motifs is 3. The summed E-state index contributed by atoms with van der Waals surface area (Å²) in [5.74, 6) is 0. The number of hydrogen-bond donors (Lipinski definition) is 0. The lowest BCUT2D eigenvalue weighted by Gasteiger charge is -2.20. The maximum absolute atomic E-state index is 2.32. The molecule has 0 saturated carbocycles. The van der Waals surface area contributed by atoms with Crippen molar-refractivity contribution in [2.45, 2.75) is 20.8 Å². The van der Waals surface area contributed by atoms with E-state index in [9.17, 15) is 0 Å². The Labute approximate surface area is 147 Å². The van der Waals surface area contributed by atoms with Crippen molar-refractivity contribution in [2.24, 2.45) is 0 Å². The summed E-state index contributed by atoms with van der Waals surface area (Å²) in [7, 11) is 2.14. The van der Waals surface area contributed by atoms with E-state index in [4.69, 9.17) is 0 Å². The maximum atomic E-state index is 2.32. The van der Waals surface area contributed by atoms with Crippen molar-refractivity contribution >= 4 is 42.9 Å². The van der Waals surface area contributed by atoms with E-state index < -0.39 is 0 Å². The van der Waals surface area contributed by atoms with Crippen LogP contribution in [0.4, 0.5) is 11.4 Å². The van der Waals surface area contributed by atoms with Gasteiger partial charge in [0, 0.05) is 38.6 Å². The zero-order chi connectivity index (χ0) is 16.8. The average molecular weight is 331 g/mol. The van der Waals surface area contributed by atoms with E-state index in [2.05, 4.69) is 87.3 Å². The van der Waals surface area contributed by atoms with Gasteiger partial charge >= 0.3 is 0 Å². The first-order chi connectivity index (χ1) is 11.5. The smallest absolute Gasteiger partial charge is 0.0415 e. The Morgan fingerprint density at radius 1 is 0.667 bits per heavy atom. The molecule has 4 aromatic rings. The monoisotopic (exact) mass is 331 g/mol. The van der Waals surface area contributed by atoms with Gasteiger partial charge in [-0.05, 0) is 74.4 Å². The number of aryl methyl sites for hydroxylation is 3. The van der Waals surface area contributed by atoms with Crippen LogP contribution in [0.2, 0.25) is 0 Å². The molecule has 0 N–H and O–H groups in total. The second-order valence-electron chi connectivity index (χ2n) is 6.61. The van der Waals surface area contributed by atoms with Crippen molar-refractivity contribution in [3.63, 3.8) is 0 Å². The standard InChI is InChI=1S/C22H21NS/c1-14-5-9-21-19(11-14)20-13-18(8-10-22(20)24-21)23(4)17-7-6-15(2)16(3)12-17/h5-13H,1-4H3. The lowest BCUT2D eigenvalue weighted by Crippen LogP contribution is -2.09. The zero-order valence-corrected chi connectivity index (χ0v) is 15.4. The summed E-state index contributed by atoms with van der Waals surface area (Å²) >= 11 is 1.87. The second-order valence-corrected chi connectivity index (χ2v) is 7.69. The van der Waals surface area contributed by atoms with Crippen LogP contribution in [0.15, 0.2) is 54.6 Å². The van der Waals surface area contributed by atoms with E-state index in [-0.39, 0.29) is 0 Å². The minimum Gasteiger partial charge on any atom is -0.345 e. The molecular formula is C22H21NS. The summed E-state index contributed by atoms with van der Waals surface area (Å²) < 4.78 is 2.72. The zero-order valence-electron chi connectivity index (χ0n) is 14.6. The molecule has 1 heterocycles. The normalized spacial score (nSPS) is 11.3. The van der Waals surface area contributed by atoms with Gasteiger partial charge in [-0.15, -0.1) is 11.3 Å². The van der Waals surface area contributed by atoms with Gasteiger partial charge in [-0.1, -0.05) is 17.7 Å². The Bertz CT molecular complexity index is 1060. The first kappa shape index (κ1) is 15.2. The molecule has 4 rings (SSSR count). The molecule has 0 unspecified atom stereocenters. The Morgan fingerprint density at radius 3 is 2.04 bits per heavy atom. The molecule has 0 amide bonds. The van der Waals surface area contributed by atoms with Crippen LogP contribution in [0.25, 0.3) is 20.2 Å². The summed E-state index contributed by atoms with van der Waals surface area (Å²) in [6.45, 7) is 6.49. The molecule has 0 aliphatic heterocycles. The highest BCUT2D eigenvalue weighted by molar-refractivity contribution is 7.25. The Kier molecular flexibility index (Phi) is 3.58. The van der Waals surface area contributed by atoms with Crippen molar-refractivity contribution in [3.05, 3.63) is 71.3 Å². The number of hydrogen-bond acceptors (Lipinski definition) is 2. The molecule has 24 heavy (non-hydrogen) atoms. The van der Waals surface area contributed by atoms with E-state index >= 15 is 0 Å². The van der Waals surface area contributed by atoms with Crippen LogP contribution in [0.5, 0.6) is 0 Å². The molecule has 3 aromatic carbocycles. The van der Waals surface area contributed by atoms with Crippen molar-refractivity contribution in [3.8, 4) is 0 Å². The maximum Gasteiger partial charge on any atom is 0.0415 e. The number of thiophene rings is 1.